The van der Waals surface area contributed by atoms with Gasteiger partial charge in [-0.25, -0.2) is 8.42 Å². The Hall–Kier alpha value is -0.630. The first-order chi connectivity index (χ1) is 9.77. The molecule has 1 aliphatic rings. The van der Waals surface area contributed by atoms with Crippen molar-refractivity contribution in [3.8, 4) is 0 Å². The van der Waals surface area contributed by atoms with Crippen LogP contribution in [-0.2, 0) is 14.6 Å². The maximum atomic E-state index is 11.9. The summed E-state index contributed by atoms with van der Waals surface area (Å²) in [5.74, 6) is -0.356. The lowest BCUT2D eigenvalue weighted by molar-refractivity contribution is -0.119. The lowest BCUT2D eigenvalue weighted by atomic mass is 10.2. The van der Waals surface area contributed by atoms with E-state index in [2.05, 4.69) is 5.32 Å². The normalized spacial score (nSPS) is 23.9. The van der Waals surface area contributed by atoms with E-state index in [0.29, 0.717) is 10.7 Å². The first-order valence-electron chi connectivity index (χ1n) is 6.08. The molecule has 0 spiro atoms. The van der Waals surface area contributed by atoms with Gasteiger partial charge >= 0.3 is 0 Å². The quantitative estimate of drug-likeness (QED) is 0.477. The van der Waals surface area contributed by atoms with Crippen molar-refractivity contribution < 1.29 is 13.2 Å². The van der Waals surface area contributed by atoms with E-state index in [1.54, 1.807) is 18.2 Å². The summed E-state index contributed by atoms with van der Waals surface area (Å²) in [5, 5.41) is 2.60. The lowest BCUT2D eigenvalue weighted by Gasteiger charge is -2.14. The summed E-state index contributed by atoms with van der Waals surface area (Å²) in [6.45, 7) is 0. The summed E-state index contributed by atoms with van der Waals surface area (Å²) in [4.78, 5) is 12.6. The Balaban J connectivity index is 1.88. The first-order valence-corrected chi connectivity index (χ1v) is 9.70. The van der Waals surface area contributed by atoms with Gasteiger partial charge in [-0.2, -0.15) is 0 Å². The van der Waals surface area contributed by atoms with Gasteiger partial charge in [0.15, 0.2) is 9.84 Å². The fourth-order valence-electron chi connectivity index (χ4n) is 1.98. The van der Waals surface area contributed by atoms with E-state index in [4.69, 9.17) is 28.9 Å². The number of rotatable bonds is 4. The zero-order chi connectivity index (χ0) is 15.6. The van der Waals surface area contributed by atoms with E-state index in [0.717, 1.165) is 4.90 Å². The van der Waals surface area contributed by atoms with Crippen molar-refractivity contribution in [2.75, 3.05) is 23.0 Å². The highest BCUT2D eigenvalue weighted by molar-refractivity contribution is 8.00. The van der Waals surface area contributed by atoms with E-state index in [1.165, 1.54) is 11.8 Å². The van der Waals surface area contributed by atoms with Crippen molar-refractivity contribution in [3.05, 3.63) is 23.2 Å². The van der Waals surface area contributed by atoms with Crippen molar-refractivity contribution >= 4 is 56.4 Å². The van der Waals surface area contributed by atoms with Gasteiger partial charge in [0.2, 0.25) is 5.91 Å². The fourth-order valence-corrected chi connectivity index (χ4v) is 5.47. The number of nitrogens with two attached hydrogens (primary N) is 1. The molecule has 2 rings (SSSR count). The van der Waals surface area contributed by atoms with Gasteiger partial charge in [0.05, 0.1) is 28.7 Å². The number of anilines is 1. The van der Waals surface area contributed by atoms with E-state index in [-0.39, 0.29) is 23.2 Å². The van der Waals surface area contributed by atoms with E-state index in [1.807, 2.05) is 0 Å². The highest BCUT2D eigenvalue weighted by Crippen LogP contribution is 2.27. The summed E-state index contributed by atoms with van der Waals surface area (Å²) in [7, 11) is -3.16. The van der Waals surface area contributed by atoms with Gasteiger partial charge in [0, 0.05) is 15.6 Å². The summed E-state index contributed by atoms with van der Waals surface area (Å²) < 4.78 is 22.8. The van der Waals surface area contributed by atoms with Gasteiger partial charge in [-0.15, -0.1) is 23.4 Å². The molecule has 1 saturated heterocycles. The summed E-state index contributed by atoms with van der Waals surface area (Å²) in [6, 6.07) is 4.50. The minimum Gasteiger partial charge on any atom is -0.398 e. The molecular formula is C12H14Cl2N2O3S2. The Morgan fingerprint density at radius 1 is 1.43 bits per heavy atom. The SMILES string of the molecule is Nc1cc(Cl)ccc1SCC(=O)NC1CS(=O)(=O)CC1Cl. The minimum atomic E-state index is -3.16. The number of nitrogen functional groups attached to an aromatic ring is 1. The van der Waals surface area contributed by atoms with Crippen molar-refractivity contribution in [2.24, 2.45) is 0 Å². The Kier molecular flexibility index (Phi) is 5.29. The second-order valence-corrected chi connectivity index (χ2v) is 8.91. The molecular weight excluding hydrogens is 355 g/mol. The molecule has 2 unspecified atom stereocenters. The number of hydrogen-bond acceptors (Lipinski definition) is 5. The second-order valence-electron chi connectivity index (χ2n) is 4.74. The number of carbonyl (C=O) groups is 1. The Bertz CT molecular complexity index is 652. The maximum Gasteiger partial charge on any atom is 0.230 e. The van der Waals surface area contributed by atoms with Gasteiger partial charge in [-0.1, -0.05) is 11.6 Å². The molecule has 0 radical (unpaired) electrons. The molecule has 9 heteroatoms. The summed E-state index contributed by atoms with van der Waals surface area (Å²) in [5.41, 5.74) is 6.29. The van der Waals surface area contributed by atoms with Crippen LogP contribution in [0, 0.1) is 0 Å². The molecule has 116 valence electrons. The standard InChI is InChI=1S/C12H14Cl2N2O3S2/c13-7-1-2-11(9(15)3-7)20-4-12(17)16-10-6-21(18,19)5-8(10)14/h1-3,8,10H,4-6,15H2,(H,16,17). The van der Waals surface area contributed by atoms with Gasteiger partial charge in [0.1, 0.15) is 0 Å². The fraction of sp³-hybridized carbons (Fsp3) is 0.417. The van der Waals surface area contributed by atoms with Gasteiger partial charge < -0.3 is 11.1 Å². The number of halogens is 2. The number of benzene rings is 1. The number of alkyl halides is 1. The highest BCUT2D eigenvalue weighted by atomic mass is 35.5. The molecule has 0 aromatic heterocycles. The van der Waals surface area contributed by atoms with Crippen molar-refractivity contribution in [1.82, 2.24) is 5.32 Å². The molecule has 0 saturated carbocycles. The monoisotopic (exact) mass is 368 g/mol. The topological polar surface area (TPSA) is 89.3 Å². The largest absolute Gasteiger partial charge is 0.398 e. The van der Waals surface area contributed by atoms with Crippen molar-refractivity contribution in [2.45, 2.75) is 16.3 Å². The third-order valence-electron chi connectivity index (χ3n) is 2.96. The molecule has 21 heavy (non-hydrogen) atoms. The number of carbonyl (C=O) groups excluding carboxylic acids is 1. The van der Waals surface area contributed by atoms with E-state index in [9.17, 15) is 13.2 Å². The van der Waals surface area contributed by atoms with Crippen LogP contribution < -0.4 is 11.1 Å². The van der Waals surface area contributed by atoms with Gasteiger partial charge in [0.25, 0.3) is 0 Å². The molecule has 0 aliphatic carbocycles. The Morgan fingerprint density at radius 2 is 2.14 bits per heavy atom. The van der Waals surface area contributed by atoms with E-state index < -0.39 is 21.3 Å². The number of nitrogens with one attached hydrogen (secondary N) is 1. The molecule has 0 bridgehead atoms. The third kappa shape index (κ3) is 4.67. The Labute approximate surface area is 137 Å². The summed E-state index contributed by atoms with van der Waals surface area (Å²) in [6.07, 6.45) is 0. The number of sulfone groups is 1. The van der Waals surface area contributed by atoms with Gasteiger partial charge in [-0.3, -0.25) is 4.79 Å². The zero-order valence-corrected chi connectivity index (χ0v) is 14.0. The predicted molar refractivity (Wildman–Crippen MR) is 86.8 cm³/mol. The minimum absolute atomic E-state index is 0.100. The summed E-state index contributed by atoms with van der Waals surface area (Å²) >= 11 is 13.0. The average Bonchev–Trinajstić information content (AvgIpc) is 2.61. The smallest absolute Gasteiger partial charge is 0.230 e. The van der Waals surface area contributed by atoms with Crippen LogP contribution >= 0.6 is 35.0 Å². The molecule has 3 N–H and O–H groups in total. The number of hydrogen-bond donors (Lipinski definition) is 2. The second kappa shape index (κ2) is 6.64. The maximum absolute atomic E-state index is 11.9. The molecule has 5 nitrogen and oxygen atoms in total. The van der Waals surface area contributed by atoms with Crippen LogP contribution in [0.15, 0.2) is 23.1 Å². The number of thioether (sulfide) groups is 1. The van der Waals surface area contributed by atoms with Crippen LogP contribution in [0.25, 0.3) is 0 Å². The highest BCUT2D eigenvalue weighted by Gasteiger charge is 2.37. The third-order valence-corrected chi connectivity index (χ3v) is 6.66. The van der Waals surface area contributed by atoms with Crippen LogP contribution in [0.4, 0.5) is 5.69 Å². The van der Waals surface area contributed by atoms with Crippen LogP contribution in [0.1, 0.15) is 0 Å². The van der Waals surface area contributed by atoms with Crippen LogP contribution in [0.2, 0.25) is 5.02 Å². The molecule has 1 aromatic rings. The number of amides is 1. The zero-order valence-electron chi connectivity index (χ0n) is 10.9. The van der Waals surface area contributed by atoms with Crippen molar-refractivity contribution in [3.63, 3.8) is 0 Å². The van der Waals surface area contributed by atoms with Gasteiger partial charge in [-0.05, 0) is 18.2 Å². The molecule has 1 aromatic carbocycles. The lowest BCUT2D eigenvalue weighted by Crippen LogP contribution is -2.41. The van der Waals surface area contributed by atoms with Crippen LogP contribution in [0.3, 0.4) is 0 Å². The average molecular weight is 369 g/mol. The molecule has 2 atom stereocenters. The Morgan fingerprint density at radius 3 is 2.71 bits per heavy atom. The molecule has 1 fully saturated rings. The predicted octanol–water partition coefficient (Wildman–Crippen LogP) is 1.53. The van der Waals surface area contributed by atoms with Crippen LogP contribution in [-0.4, -0.2) is 43.0 Å². The molecule has 1 amide bonds. The van der Waals surface area contributed by atoms with Crippen molar-refractivity contribution in [1.29, 1.82) is 0 Å². The molecule has 1 heterocycles. The molecule has 1 aliphatic heterocycles. The first kappa shape index (κ1) is 16.7. The van der Waals surface area contributed by atoms with E-state index >= 15 is 0 Å². The van der Waals surface area contributed by atoms with Crippen LogP contribution in [0.5, 0.6) is 0 Å².